The van der Waals surface area contributed by atoms with Crippen molar-refractivity contribution >= 4 is 44.8 Å². The van der Waals surface area contributed by atoms with Gasteiger partial charge in [-0.2, -0.15) is 0 Å². The predicted octanol–water partition coefficient (Wildman–Crippen LogP) is 2.37. The third kappa shape index (κ3) is 3.13. The van der Waals surface area contributed by atoms with Crippen LogP contribution in [0.25, 0.3) is 0 Å². The van der Waals surface area contributed by atoms with Crippen LogP contribution in [-0.4, -0.2) is 11.8 Å². The van der Waals surface area contributed by atoms with Crippen molar-refractivity contribution in [3.8, 4) is 0 Å². The summed E-state index contributed by atoms with van der Waals surface area (Å²) in [6.07, 6.45) is 0. The summed E-state index contributed by atoms with van der Waals surface area (Å²) in [6.45, 7) is 0.557. The zero-order valence-corrected chi connectivity index (χ0v) is 9.30. The Balaban J connectivity index is 2.38. The molecule has 0 radical (unpaired) electrons. The highest BCUT2D eigenvalue weighted by Crippen LogP contribution is 2.21. The minimum Gasteiger partial charge on any atom is -0.350 e. The molecule has 2 nitrogen and oxygen atoms in total. The molecule has 5 heteroatoms. The van der Waals surface area contributed by atoms with Crippen molar-refractivity contribution in [2.75, 3.05) is 5.88 Å². The van der Waals surface area contributed by atoms with Crippen molar-refractivity contribution in [2.24, 2.45) is 0 Å². The summed E-state index contributed by atoms with van der Waals surface area (Å²) >= 11 is 10.2. The number of hydrogen-bond donors (Lipinski definition) is 1. The lowest BCUT2D eigenvalue weighted by atomic mass is 10.4. The molecule has 1 aromatic rings. The van der Waals surface area contributed by atoms with Gasteiger partial charge >= 0.3 is 0 Å². The highest BCUT2D eigenvalue weighted by atomic mass is 79.9. The lowest BCUT2D eigenvalue weighted by Crippen LogP contribution is -2.23. The molecular weight excluding hydrogens is 262 g/mol. The molecule has 1 aromatic heterocycles. The molecule has 0 fully saturated rings. The molecule has 0 atom stereocenters. The normalized spacial score (nSPS) is 9.83. The largest absolute Gasteiger partial charge is 0.350 e. The van der Waals surface area contributed by atoms with Gasteiger partial charge in [0.15, 0.2) is 0 Å². The van der Waals surface area contributed by atoms with Gasteiger partial charge in [-0.3, -0.25) is 4.79 Å². The highest BCUT2D eigenvalue weighted by molar-refractivity contribution is 9.11. The second-order valence-electron chi connectivity index (χ2n) is 2.12. The van der Waals surface area contributed by atoms with Crippen LogP contribution in [0.3, 0.4) is 0 Å². The monoisotopic (exact) mass is 267 g/mol. The van der Waals surface area contributed by atoms with E-state index in [1.807, 2.05) is 12.1 Å². The zero-order chi connectivity index (χ0) is 8.97. The Hall–Kier alpha value is -0.0600. The number of amides is 1. The fraction of sp³-hybridized carbons (Fsp3) is 0.286. The molecular formula is C7H7BrClNOS. The summed E-state index contributed by atoms with van der Waals surface area (Å²) in [5.74, 6) is -0.117. The topological polar surface area (TPSA) is 29.1 Å². The molecule has 0 saturated carbocycles. The van der Waals surface area contributed by atoms with Crippen LogP contribution in [0.4, 0.5) is 0 Å². The minimum atomic E-state index is -0.138. The number of carbonyl (C=O) groups is 1. The standard InChI is InChI=1S/C7H7BrClNOS/c8-6-2-1-5(12-6)4-10-7(11)3-9/h1-2H,3-4H2,(H,10,11). The van der Waals surface area contributed by atoms with Crippen LogP contribution in [0.5, 0.6) is 0 Å². The van der Waals surface area contributed by atoms with Crippen LogP contribution in [-0.2, 0) is 11.3 Å². The fourth-order valence-corrected chi connectivity index (χ4v) is 2.20. The molecule has 0 aliphatic carbocycles. The van der Waals surface area contributed by atoms with E-state index in [2.05, 4.69) is 21.2 Å². The van der Waals surface area contributed by atoms with Crippen LogP contribution in [0.2, 0.25) is 0 Å². The number of hydrogen-bond acceptors (Lipinski definition) is 2. The summed E-state index contributed by atoms with van der Waals surface area (Å²) in [4.78, 5) is 11.9. The summed E-state index contributed by atoms with van der Waals surface area (Å²) in [5, 5.41) is 2.68. The highest BCUT2D eigenvalue weighted by Gasteiger charge is 2.00. The lowest BCUT2D eigenvalue weighted by molar-refractivity contribution is -0.118. The van der Waals surface area contributed by atoms with Gasteiger partial charge in [-0.25, -0.2) is 0 Å². The van der Waals surface area contributed by atoms with Crippen LogP contribution >= 0.6 is 38.9 Å². The van der Waals surface area contributed by atoms with Crippen LogP contribution in [0, 0.1) is 0 Å². The molecule has 0 bridgehead atoms. The van der Waals surface area contributed by atoms with Crippen LogP contribution in [0.15, 0.2) is 15.9 Å². The summed E-state index contributed by atoms with van der Waals surface area (Å²) in [6, 6.07) is 3.91. The molecule has 0 aromatic carbocycles. The smallest absolute Gasteiger partial charge is 0.235 e. The second kappa shape index (κ2) is 4.84. The first-order valence-corrected chi connectivity index (χ1v) is 5.43. The molecule has 1 amide bonds. The van der Waals surface area contributed by atoms with Crippen molar-refractivity contribution in [3.05, 3.63) is 20.8 Å². The first kappa shape index (κ1) is 10.0. The van der Waals surface area contributed by atoms with E-state index in [0.717, 1.165) is 8.66 Å². The number of nitrogens with one attached hydrogen (secondary N) is 1. The molecule has 0 saturated heterocycles. The van der Waals surface area contributed by atoms with Gasteiger partial charge < -0.3 is 5.32 Å². The van der Waals surface area contributed by atoms with Gasteiger partial charge in [-0.05, 0) is 28.1 Å². The van der Waals surface area contributed by atoms with Crippen molar-refractivity contribution in [2.45, 2.75) is 6.54 Å². The Labute approximate surface area is 88.0 Å². The quantitative estimate of drug-likeness (QED) is 0.838. The molecule has 1 rings (SSSR count). The van der Waals surface area contributed by atoms with Crippen LogP contribution < -0.4 is 5.32 Å². The number of alkyl halides is 1. The Bertz CT molecular complexity index is 276. The van der Waals surface area contributed by atoms with Crippen molar-refractivity contribution in [1.82, 2.24) is 5.32 Å². The predicted molar refractivity (Wildman–Crippen MR) is 54.6 cm³/mol. The van der Waals surface area contributed by atoms with Crippen molar-refractivity contribution in [3.63, 3.8) is 0 Å². The Kier molecular flexibility index (Phi) is 4.05. The van der Waals surface area contributed by atoms with E-state index in [-0.39, 0.29) is 11.8 Å². The van der Waals surface area contributed by atoms with Gasteiger partial charge in [0.1, 0.15) is 5.88 Å². The lowest BCUT2D eigenvalue weighted by Gasteiger charge is -1.98. The zero-order valence-electron chi connectivity index (χ0n) is 6.14. The first-order chi connectivity index (χ1) is 5.72. The molecule has 1 N–H and O–H groups in total. The maximum absolute atomic E-state index is 10.7. The molecule has 0 aliphatic rings. The average Bonchev–Trinajstić information content (AvgIpc) is 2.47. The maximum Gasteiger partial charge on any atom is 0.235 e. The third-order valence-electron chi connectivity index (χ3n) is 1.21. The van der Waals surface area contributed by atoms with Gasteiger partial charge in [0.25, 0.3) is 0 Å². The minimum absolute atomic E-state index is 0.0204. The molecule has 0 spiro atoms. The SMILES string of the molecule is O=C(CCl)NCc1ccc(Br)s1. The molecule has 66 valence electrons. The Morgan fingerprint density at radius 2 is 2.42 bits per heavy atom. The Morgan fingerprint density at radius 3 is 2.92 bits per heavy atom. The number of halogens is 2. The van der Waals surface area contributed by atoms with E-state index in [1.54, 1.807) is 11.3 Å². The maximum atomic E-state index is 10.7. The van der Waals surface area contributed by atoms with E-state index in [9.17, 15) is 4.79 Å². The van der Waals surface area contributed by atoms with Crippen LogP contribution in [0.1, 0.15) is 4.88 Å². The molecule has 0 unspecified atom stereocenters. The average molecular weight is 269 g/mol. The summed E-state index contributed by atoms with van der Waals surface area (Å²) < 4.78 is 1.07. The third-order valence-corrected chi connectivity index (χ3v) is 3.08. The fourth-order valence-electron chi connectivity index (χ4n) is 0.680. The van der Waals surface area contributed by atoms with Gasteiger partial charge in [0.2, 0.25) is 5.91 Å². The van der Waals surface area contributed by atoms with E-state index in [1.165, 1.54) is 0 Å². The van der Waals surface area contributed by atoms with Gasteiger partial charge in [0.05, 0.1) is 10.3 Å². The number of carbonyl (C=O) groups excluding carboxylic acids is 1. The molecule has 12 heavy (non-hydrogen) atoms. The van der Waals surface area contributed by atoms with Crippen molar-refractivity contribution in [1.29, 1.82) is 0 Å². The first-order valence-electron chi connectivity index (χ1n) is 3.29. The van der Waals surface area contributed by atoms with Crippen molar-refractivity contribution < 1.29 is 4.79 Å². The van der Waals surface area contributed by atoms with E-state index in [0.29, 0.717) is 6.54 Å². The summed E-state index contributed by atoms with van der Waals surface area (Å²) in [5.41, 5.74) is 0. The molecule has 0 aliphatic heterocycles. The van der Waals surface area contributed by atoms with Gasteiger partial charge in [-0.15, -0.1) is 22.9 Å². The van der Waals surface area contributed by atoms with Gasteiger partial charge in [-0.1, -0.05) is 0 Å². The summed E-state index contributed by atoms with van der Waals surface area (Å²) in [7, 11) is 0. The van der Waals surface area contributed by atoms with E-state index < -0.39 is 0 Å². The van der Waals surface area contributed by atoms with E-state index in [4.69, 9.17) is 11.6 Å². The van der Waals surface area contributed by atoms with E-state index >= 15 is 0 Å². The Morgan fingerprint density at radius 1 is 1.67 bits per heavy atom. The molecule has 1 heterocycles. The second-order valence-corrected chi connectivity index (χ2v) is 4.93. The number of rotatable bonds is 3. The van der Waals surface area contributed by atoms with Gasteiger partial charge in [0, 0.05) is 4.88 Å². The number of thiophene rings is 1.